The molecule has 2 fully saturated rings. The number of H-pyrrole nitrogens is 1. The molecule has 128 valence electrons. The lowest BCUT2D eigenvalue weighted by atomic mass is 9.97. The standard InChI is InChI=1S/C21H24N4/c1-25-19-4-5-20(25)11-17(10-19)24-18-8-16(12-22-13-18)15-3-2-14-6-7-23-21(14)9-15/h2-3,6-9,12-13,17,19-20,23-24H,4-5,10-11H2,1H3/t17?,19-,20+. The van der Waals surface area contributed by atoms with Crippen molar-refractivity contribution in [1.29, 1.82) is 0 Å². The van der Waals surface area contributed by atoms with Crippen LogP contribution < -0.4 is 5.32 Å². The molecule has 0 saturated carbocycles. The molecule has 4 heteroatoms. The Morgan fingerprint density at radius 3 is 2.72 bits per heavy atom. The maximum atomic E-state index is 4.48. The van der Waals surface area contributed by atoms with Crippen molar-refractivity contribution in [3.63, 3.8) is 0 Å². The molecule has 1 unspecified atom stereocenters. The van der Waals surface area contributed by atoms with Crippen LogP contribution in [0, 0.1) is 0 Å². The Morgan fingerprint density at radius 2 is 1.88 bits per heavy atom. The van der Waals surface area contributed by atoms with Crippen molar-refractivity contribution < 1.29 is 0 Å². The summed E-state index contributed by atoms with van der Waals surface area (Å²) < 4.78 is 0. The van der Waals surface area contributed by atoms with Crippen molar-refractivity contribution in [1.82, 2.24) is 14.9 Å². The zero-order valence-corrected chi connectivity index (χ0v) is 14.6. The van der Waals surface area contributed by atoms with Crippen LogP contribution in [-0.2, 0) is 0 Å². The van der Waals surface area contributed by atoms with Gasteiger partial charge in [0.1, 0.15) is 0 Å². The fourth-order valence-corrected chi connectivity index (χ4v) is 4.67. The third-order valence-corrected chi connectivity index (χ3v) is 6.10. The van der Waals surface area contributed by atoms with E-state index in [-0.39, 0.29) is 0 Å². The van der Waals surface area contributed by atoms with Gasteiger partial charge in [-0.25, -0.2) is 0 Å². The number of benzene rings is 1. The molecule has 1 aromatic carbocycles. The van der Waals surface area contributed by atoms with Crippen molar-refractivity contribution >= 4 is 16.6 Å². The highest BCUT2D eigenvalue weighted by Gasteiger charge is 2.38. The summed E-state index contributed by atoms with van der Waals surface area (Å²) in [5, 5.41) is 4.99. The smallest absolute Gasteiger partial charge is 0.0535 e. The van der Waals surface area contributed by atoms with Crippen LogP contribution in [0.4, 0.5) is 5.69 Å². The number of hydrogen-bond donors (Lipinski definition) is 2. The van der Waals surface area contributed by atoms with Gasteiger partial charge in [-0.15, -0.1) is 0 Å². The molecule has 3 aromatic rings. The predicted octanol–water partition coefficient (Wildman–Crippen LogP) is 4.27. The van der Waals surface area contributed by atoms with E-state index in [2.05, 4.69) is 57.6 Å². The molecule has 4 heterocycles. The van der Waals surface area contributed by atoms with Crippen molar-refractivity contribution in [2.45, 2.75) is 43.8 Å². The lowest BCUT2D eigenvalue weighted by Gasteiger charge is -2.37. The van der Waals surface area contributed by atoms with Gasteiger partial charge in [-0.3, -0.25) is 4.98 Å². The van der Waals surface area contributed by atoms with Crippen LogP contribution in [0.15, 0.2) is 48.9 Å². The average Bonchev–Trinajstić information content (AvgIpc) is 3.16. The van der Waals surface area contributed by atoms with E-state index in [1.165, 1.54) is 42.1 Å². The summed E-state index contributed by atoms with van der Waals surface area (Å²) >= 11 is 0. The number of aromatic nitrogens is 2. The maximum absolute atomic E-state index is 4.48. The molecule has 2 bridgehead atoms. The number of rotatable bonds is 3. The van der Waals surface area contributed by atoms with Crippen LogP contribution in [0.5, 0.6) is 0 Å². The number of fused-ring (bicyclic) bond motifs is 3. The molecule has 3 atom stereocenters. The highest BCUT2D eigenvalue weighted by atomic mass is 15.2. The molecule has 0 aliphatic carbocycles. The van der Waals surface area contributed by atoms with Gasteiger partial charge in [0, 0.05) is 47.8 Å². The summed E-state index contributed by atoms with van der Waals surface area (Å²) in [6.45, 7) is 0. The summed E-state index contributed by atoms with van der Waals surface area (Å²) in [5.41, 5.74) is 4.67. The van der Waals surface area contributed by atoms with E-state index < -0.39 is 0 Å². The van der Waals surface area contributed by atoms with Gasteiger partial charge in [-0.1, -0.05) is 12.1 Å². The van der Waals surface area contributed by atoms with E-state index in [0.29, 0.717) is 6.04 Å². The number of hydrogen-bond acceptors (Lipinski definition) is 3. The molecular formula is C21H24N4. The average molecular weight is 332 g/mol. The summed E-state index contributed by atoms with van der Waals surface area (Å²) in [7, 11) is 2.29. The van der Waals surface area contributed by atoms with Crippen LogP contribution in [0.3, 0.4) is 0 Å². The molecule has 5 rings (SSSR count). The molecule has 2 N–H and O–H groups in total. The first kappa shape index (κ1) is 15.0. The Kier molecular flexibility index (Phi) is 3.52. The second-order valence-corrected chi connectivity index (χ2v) is 7.61. The van der Waals surface area contributed by atoms with Gasteiger partial charge in [0.05, 0.1) is 5.69 Å². The van der Waals surface area contributed by atoms with E-state index in [0.717, 1.165) is 23.3 Å². The lowest BCUT2D eigenvalue weighted by Crippen LogP contribution is -2.44. The first-order valence-corrected chi connectivity index (χ1v) is 9.27. The topological polar surface area (TPSA) is 44.0 Å². The minimum atomic E-state index is 0.566. The van der Waals surface area contributed by atoms with Gasteiger partial charge in [-0.2, -0.15) is 0 Å². The molecular weight excluding hydrogens is 308 g/mol. The zero-order valence-electron chi connectivity index (χ0n) is 14.6. The fraction of sp³-hybridized carbons (Fsp3) is 0.381. The first-order valence-electron chi connectivity index (χ1n) is 9.27. The van der Waals surface area contributed by atoms with Gasteiger partial charge in [-0.05, 0) is 61.9 Å². The number of aromatic amines is 1. The minimum Gasteiger partial charge on any atom is -0.381 e. The largest absolute Gasteiger partial charge is 0.381 e. The van der Waals surface area contributed by atoms with E-state index in [1.54, 1.807) is 0 Å². The van der Waals surface area contributed by atoms with Gasteiger partial charge in [0.2, 0.25) is 0 Å². The monoisotopic (exact) mass is 332 g/mol. The Morgan fingerprint density at radius 1 is 1.04 bits per heavy atom. The molecule has 2 aliphatic heterocycles. The normalized spacial score (nSPS) is 26.2. The van der Waals surface area contributed by atoms with Crippen molar-refractivity contribution in [2.75, 3.05) is 12.4 Å². The summed E-state index contributed by atoms with van der Waals surface area (Å²) in [6.07, 6.45) is 11.1. The molecule has 0 spiro atoms. The van der Waals surface area contributed by atoms with Gasteiger partial charge in [0.25, 0.3) is 0 Å². The quantitative estimate of drug-likeness (QED) is 0.753. The number of nitrogens with zero attached hydrogens (tertiary/aromatic N) is 2. The second-order valence-electron chi connectivity index (χ2n) is 7.61. The fourth-order valence-electron chi connectivity index (χ4n) is 4.67. The van der Waals surface area contributed by atoms with Crippen molar-refractivity contribution in [3.8, 4) is 11.1 Å². The maximum Gasteiger partial charge on any atom is 0.0535 e. The molecule has 25 heavy (non-hydrogen) atoms. The molecule has 0 radical (unpaired) electrons. The Balaban J connectivity index is 1.38. The van der Waals surface area contributed by atoms with Crippen LogP contribution in [0.1, 0.15) is 25.7 Å². The molecule has 2 aromatic heterocycles. The third kappa shape index (κ3) is 2.71. The number of pyridine rings is 1. The SMILES string of the molecule is CN1[C@@H]2CC[C@H]1CC(Nc1cncc(-c3ccc4cc[nH]c4c3)c1)C2. The van der Waals surface area contributed by atoms with E-state index >= 15 is 0 Å². The Bertz CT molecular complexity index is 886. The third-order valence-electron chi connectivity index (χ3n) is 6.10. The summed E-state index contributed by atoms with van der Waals surface area (Å²) in [5.74, 6) is 0. The number of nitrogens with one attached hydrogen (secondary N) is 2. The second kappa shape index (κ2) is 5.88. The molecule has 4 nitrogen and oxygen atoms in total. The zero-order chi connectivity index (χ0) is 16.8. The van der Waals surface area contributed by atoms with Crippen molar-refractivity contribution in [2.24, 2.45) is 0 Å². The summed E-state index contributed by atoms with van der Waals surface area (Å²) in [4.78, 5) is 10.4. The highest BCUT2D eigenvalue weighted by Crippen LogP contribution is 2.35. The van der Waals surface area contributed by atoms with Crippen LogP contribution in [-0.4, -0.2) is 40.0 Å². The minimum absolute atomic E-state index is 0.566. The Labute approximate surface area is 148 Å². The van der Waals surface area contributed by atoms with Gasteiger partial charge >= 0.3 is 0 Å². The predicted molar refractivity (Wildman–Crippen MR) is 103 cm³/mol. The van der Waals surface area contributed by atoms with Crippen molar-refractivity contribution in [3.05, 3.63) is 48.9 Å². The lowest BCUT2D eigenvalue weighted by molar-refractivity contribution is 0.169. The highest BCUT2D eigenvalue weighted by molar-refractivity contribution is 5.85. The summed E-state index contributed by atoms with van der Waals surface area (Å²) in [6, 6.07) is 12.9. The number of piperidine rings is 1. The van der Waals surface area contributed by atoms with Crippen LogP contribution in [0.25, 0.3) is 22.0 Å². The van der Waals surface area contributed by atoms with E-state index in [1.807, 2.05) is 18.6 Å². The van der Waals surface area contributed by atoms with E-state index in [4.69, 9.17) is 0 Å². The van der Waals surface area contributed by atoms with Gasteiger partial charge < -0.3 is 15.2 Å². The van der Waals surface area contributed by atoms with Crippen LogP contribution >= 0.6 is 0 Å². The Hall–Kier alpha value is -2.33. The molecule has 2 aliphatic rings. The molecule has 2 saturated heterocycles. The van der Waals surface area contributed by atoms with Gasteiger partial charge in [0.15, 0.2) is 0 Å². The number of anilines is 1. The van der Waals surface area contributed by atoms with E-state index in [9.17, 15) is 0 Å². The first-order chi connectivity index (χ1) is 12.3. The van der Waals surface area contributed by atoms with Crippen LogP contribution in [0.2, 0.25) is 0 Å². The molecule has 0 amide bonds.